The molecule has 1 heterocycles. The lowest BCUT2D eigenvalue weighted by Gasteiger charge is -2.20. The molecule has 1 aliphatic heterocycles. The van der Waals surface area contributed by atoms with Gasteiger partial charge >= 0.3 is 12.0 Å². The Morgan fingerprint density at radius 1 is 1.27 bits per heavy atom. The molecule has 0 saturated carbocycles. The van der Waals surface area contributed by atoms with Crippen molar-refractivity contribution in [1.29, 1.82) is 0 Å². The summed E-state index contributed by atoms with van der Waals surface area (Å²) in [6, 6.07) is 4.34. The van der Waals surface area contributed by atoms with Crippen LogP contribution in [0.1, 0.15) is 19.4 Å². The van der Waals surface area contributed by atoms with Gasteiger partial charge in [-0.15, -0.1) is 0 Å². The number of benzene rings is 1. The molecule has 0 bridgehead atoms. The van der Waals surface area contributed by atoms with E-state index < -0.39 is 18.0 Å². The van der Waals surface area contributed by atoms with Crippen molar-refractivity contribution in [3.05, 3.63) is 23.8 Å². The van der Waals surface area contributed by atoms with Crippen molar-refractivity contribution in [3.63, 3.8) is 0 Å². The number of hydrogen-bond acceptors (Lipinski definition) is 5. The highest BCUT2D eigenvalue weighted by molar-refractivity contribution is 5.83. The molecule has 1 aromatic rings. The van der Waals surface area contributed by atoms with Crippen LogP contribution in [0.5, 0.6) is 11.5 Å². The van der Waals surface area contributed by atoms with E-state index in [0.717, 1.165) is 5.56 Å². The summed E-state index contributed by atoms with van der Waals surface area (Å²) in [5.74, 6) is 0.824. The molecule has 0 aliphatic carbocycles. The van der Waals surface area contributed by atoms with Gasteiger partial charge in [-0.3, -0.25) is 0 Å². The van der Waals surface area contributed by atoms with E-state index in [1.54, 1.807) is 6.07 Å². The van der Waals surface area contributed by atoms with Crippen molar-refractivity contribution in [2.45, 2.75) is 26.4 Å². The normalized spacial score (nSPS) is 13.6. The zero-order chi connectivity index (χ0) is 16.1. The Kier molecular flexibility index (Phi) is 5.08. The molecule has 1 aliphatic rings. The zero-order valence-electron chi connectivity index (χ0n) is 12.8. The molecule has 0 fully saturated rings. The molecule has 1 aromatic carbocycles. The van der Waals surface area contributed by atoms with Crippen LogP contribution in [0.2, 0.25) is 0 Å². The SMILES string of the molecule is COC(=O)[C@@H](NC(=O)NCc1ccc2c(c1)OCO2)C(C)C. The first-order valence-electron chi connectivity index (χ1n) is 7.02. The van der Waals surface area contributed by atoms with E-state index >= 15 is 0 Å². The van der Waals surface area contributed by atoms with Crippen molar-refractivity contribution in [3.8, 4) is 11.5 Å². The second-order valence-electron chi connectivity index (χ2n) is 5.26. The summed E-state index contributed by atoms with van der Waals surface area (Å²) in [4.78, 5) is 23.5. The van der Waals surface area contributed by atoms with Gasteiger partial charge in [0, 0.05) is 6.54 Å². The predicted molar refractivity (Wildman–Crippen MR) is 78.6 cm³/mol. The predicted octanol–water partition coefficient (Wildman–Crippen LogP) is 1.41. The highest BCUT2D eigenvalue weighted by Crippen LogP contribution is 2.32. The maximum atomic E-state index is 11.9. The lowest BCUT2D eigenvalue weighted by molar-refractivity contribution is -0.143. The van der Waals surface area contributed by atoms with Crippen LogP contribution in [0, 0.1) is 5.92 Å². The molecule has 2 rings (SSSR count). The Balaban J connectivity index is 1.88. The summed E-state index contributed by atoms with van der Waals surface area (Å²) < 4.78 is 15.2. The smallest absolute Gasteiger partial charge is 0.328 e. The summed E-state index contributed by atoms with van der Waals surface area (Å²) in [6.07, 6.45) is 0. The van der Waals surface area contributed by atoms with Gasteiger partial charge in [0.1, 0.15) is 6.04 Å². The highest BCUT2D eigenvalue weighted by Gasteiger charge is 2.24. The lowest BCUT2D eigenvalue weighted by atomic mass is 10.1. The molecule has 1 atom stereocenters. The first kappa shape index (κ1) is 15.9. The molecule has 2 amide bonds. The fourth-order valence-electron chi connectivity index (χ4n) is 2.05. The third-order valence-corrected chi connectivity index (χ3v) is 3.30. The topological polar surface area (TPSA) is 85.9 Å². The van der Waals surface area contributed by atoms with Gasteiger partial charge in [0.2, 0.25) is 6.79 Å². The minimum Gasteiger partial charge on any atom is -0.467 e. The van der Waals surface area contributed by atoms with Crippen molar-refractivity contribution >= 4 is 12.0 Å². The summed E-state index contributed by atoms with van der Waals surface area (Å²) >= 11 is 0. The van der Waals surface area contributed by atoms with E-state index in [4.69, 9.17) is 9.47 Å². The Bertz CT molecular complexity index is 559. The Hall–Kier alpha value is -2.44. The highest BCUT2D eigenvalue weighted by atomic mass is 16.7. The number of carbonyl (C=O) groups excluding carboxylic acids is 2. The van der Waals surface area contributed by atoms with Crippen LogP contribution in [0.3, 0.4) is 0 Å². The quantitative estimate of drug-likeness (QED) is 0.803. The second-order valence-corrected chi connectivity index (χ2v) is 5.26. The number of urea groups is 1. The molecule has 7 nitrogen and oxygen atoms in total. The monoisotopic (exact) mass is 308 g/mol. The number of fused-ring (bicyclic) bond motifs is 1. The summed E-state index contributed by atoms with van der Waals surface area (Å²) in [6.45, 7) is 4.19. The largest absolute Gasteiger partial charge is 0.467 e. The van der Waals surface area contributed by atoms with Crippen molar-refractivity contribution in [1.82, 2.24) is 10.6 Å². The maximum absolute atomic E-state index is 11.9. The Labute approximate surface area is 128 Å². The van der Waals surface area contributed by atoms with Crippen LogP contribution in [0.15, 0.2) is 18.2 Å². The van der Waals surface area contributed by atoms with E-state index in [1.165, 1.54) is 7.11 Å². The van der Waals surface area contributed by atoms with E-state index in [1.807, 2.05) is 26.0 Å². The van der Waals surface area contributed by atoms with Gasteiger partial charge in [-0.2, -0.15) is 0 Å². The van der Waals surface area contributed by atoms with E-state index in [9.17, 15) is 9.59 Å². The number of methoxy groups -OCH3 is 1. The third-order valence-electron chi connectivity index (χ3n) is 3.30. The molecule has 0 unspecified atom stereocenters. The molecule has 0 radical (unpaired) electrons. The molecule has 120 valence electrons. The Morgan fingerprint density at radius 2 is 2.00 bits per heavy atom. The molecular formula is C15H20N2O5. The van der Waals surface area contributed by atoms with Gasteiger partial charge in [0.05, 0.1) is 7.11 Å². The first-order chi connectivity index (χ1) is 10.5. The minimum atomic E-state index is -0.679. The lowest BCUT2D eigenvalue weighted by Crippen LogP contribution is -2.48. The maximum Gasteiger partial charge on any atom is 0.328 e. The van der Waals surface area contributed by atoms with Crippen LogP contribution in [0.4, 0.5) is 4.79 Å². The number of esters is 1. The fraction of sp³-hybridized carbons (Fsp3) is 0.467. The van der Waals surface area contributed by atoms with E-state index in [2.05, 4.69) is 15.4 Å². The number of nitrogens with one attached hydrogen (secondary N) is 2. The number of carbonyl (C=O) groups is 2. The molecule has 2 N–H and O–H groups in total. The van der Waals surface area contributed by atoms with Gasteiger partial charge in [-0.05, 0) is 23.6 Å². The van der Waals surface area contributed by atoms with Crippen molar-refractivity contribution < 1.29 is 23.8 Å². The van der Waals surface area contributed by atoms with Gasteiger partial charge in [0.15, 0.2) is 11.5 Å². The van der Waals surface area contributed by atoms with Crippen LogP contribution in [-0.2, 0) is 16.1 Å². The van der Waals surface area contributed by atoms with Gasteiger partial charge in [-0.1, -0.05) is 19.9 Å². The zero-order valence-corrected chi connectivity index (χ0v) is 12.8. The Morgan fingerprint density at radius 3 is 2.68 bits per heavy atom. The third kappa shape index (κ3) is 3.81. The van der Waals surface area contributed by atoms with Crippen LogP contribution >= 0.6 is 0 Å². The minimum absolute atomic E-state index is 0.0660. The molecule has 0 aromatic heterocycles. The van der Waals surface area contributed by atoms with Gasteiger partial charge in [-0.25, -0.2) is 9.59 Å². The fourth-order valence-corrected chi connectivity index (χ4v) is 2.05. The van der Waals surface area contributed by atoms with Gasteiger partial charge < -0.3 is 24.8 Å². The van der Waals surface area contributed by atoms with Crippen molar-refractivity contribution in [2.24, 2.45) is 5.92 Å². The summed E-state index contributed by atoms with van der Waals surface area (Å²) in [5.41, 5.74) is 0.874. The van der Waals surface area contributed by atoms with Crippen molar-refractivity contribution in [2.75, 3.05) is 13.9 Å². The average Bonchev–Trinajstić information content (AvgIpc) is 2.97. The second kappa shape index (κ2) is 7.02. The molecule has 22 heavy (non-hydrogen) atoms. The number of hydrogen-bond donors (Lipinski definition) is 2. The molecule has 0 saturated heterocycles. The summed E-state index contributed by atoms with van der Waals surface area (Å²) in [7, 11) is 1.30. The summed E-state index contributed by atoms with van der Waals surface area (Å²) in [5, 5.41) is 5.31. The average molecular weight is 308 g/mol. The number of ether oxygens (including phenoxy) is 3. The van der Waals surface area contributed by atoms with E-state index in [-0.39, 0.29) is 12.7 Å². The number of amides is 2. The van der Waals surface area contributed by atoms with E-state index in [0.29, 0.717) is 18.0 Å². The molecular weight excluding hydrogens is 288 g/mol. The van der Waals surface area contributed by atoms with Crippen LogP contribution in [-0.4, -0.2) is 31.9 Å². The molecule has 0 spiro atoms. The number of rotatable bonds is 5. The van der Waals surface area contributed by atoms with Crippen LogP contribution < -0.4 is 20.1 Å². The molecule has 7 heteroatoms. The first-order valence-corrected chi connectivity index (χ1v) is 7.02. The van der Waals surface area contributed by atoms with Gasteiger partial charge in [0.25, 0.3) is 0 Å². The standard InChI is InChI=1S/C15H20N2O5/c1-9(2)13(14(18)20-3)17-15(19)16-7-10-4-5-11-12(6-10)22-8-21-11/h4-6,9,13H,7-8H2,1-3H3,(H2,16,17,19)/t13-/m0/s1. The van der Waals surface area contributed by atoms with Crippen LogP contribution in [0.25, 0.3) is 0 Å².